The quantitative estimate of drug-likeness (QED) is 0.409. The second kappa shape index (κ2) is 6.57. The van der Waals surface area contributed by atoms with Crippen molar-refractivity contribution >= 4 is 0 Å². The fraction of sp³-hybridized carbons (Fsp3) is 1.00. The highest BCUT2D eigenvalue weighted by Gasteiger charge is 2.74. The Balaban J connectivity index is 1.57. The molecule has 9 atom stereocenters. The Labute approximate surface area is 198 Å². The predicted molar refractivity (Wildman–Crippen MR) is 132 cm³/mol. The van der Waals surface area contributed by atoms with E-state index in [1.165, 1.54) is 44.9 Å². The fourth-order valence-corrected chi connectivity index (χ4v) is 11.5. The zero-order chi connectivity index (χ0) is 23.6. The standard InChI is InChI=1S/C30H52O2/c1-24(2)15-16-26(5)17-18-30(32)28(7)13-9-20-25(3,4)23(31)11-12-27(20,6)21(28)10-14-29(30,8)22(26)19-24/h20-23,31-32H,9-19H2,1-8H3/t20-,21+,22+,23-,26+,27-,28+,29-,30+/m0/s1. The number of hydrogen-bond donors (Lipinski definition) is 2. The number of rotatable bonds is 0. The first-order valence-corrected chi connectivity index (χ1v) is 14.0. The predicted octanol–water partition coefficient (Wildman–Crippen LogP) is 7.36. The number of hydrogen-bond acceptors (Lipinski definition) is 2. The zero-order valence-corrected chi connectivity index (χ0v) is 22.5. The molecule has 2 nitrogen and oxygen atoms in total. The zero-order valence-electron chi connectivity index (χ0n) is 22.5. The number of fused-ring (bicyclic) bond motifs is 7. The Bertz CT molecular complexity index is 786. The van der Waals surface area contributed by atoms with Gasteiger partial charge in [-0.25, -0.2) is 0 Å². The lowest BCUT2D eigenvalue weighted by Crippen LogP contribution is -2.74. The molecule has 0 radical (unpaired) electrons. The average Bonchev–Trinajstić information content (AvgIpc) is 2.69. The van der Waals surface area contributed by atoms with E-state index >= 15 is 0 Å². The molecule has 0 saturated heterocycles. The van der Waals surface area contributed by atoms with Gasteiger partial charge in [-0.15, -0.1) is 0 Å². The monoisotopic (exact) mass is 444 g/mol. The van der Waals surface area contributed by atoms with Crippen molar-refractivity contribution < 1.29 is 10.2 Å². The maximum atomic E-state index is 13.0. The van der Waals surface area contributed by atoms with E-state index in [2.05, 4.69) is 55.4 Å². The summed E-state index contributed by atoms with van der Waals surface area (Å²) in [6, 6.07) is 0. The number of aliphatic hydroxyl groups is 2. The first kappa shape index (κ1) is 23.7. The molecule has 5 rings (SSSR count). The van der Waals surface area contributed by atoms with Crippen molar-refractivity contribution in [3.05, 3.63) is 0 Å². The van der Waals surface area contributed by atoms with Gasteiger partial charge in [0.05, 0.1) is 11.7 Å². The number of aliphatic hydroxyl groups excluding tert-OH is 1. The van der Waals surface area contributed by atoms with E-state index in [0.29, 0.717) is 28.6 Å². The van der Waals surface area contributed by atoms with Gasteiger partial charge in [-0.3, -0.25) is 0 Å². The van der Waals surface area contributed by atoms with E-state index in [9.17, 15) is 10.2 Å². The maximum absolute atomic E-state index is 13.0. The third kappa shape index (κ3) is 2.66. The topological polar surface area (TPSA) is 40.5 Å². The van der Waals surface area contributed by atoms with Crippen LogP contribution in [-0.4, -0.2) is 21.9 Å². The van der Waals surface area contributed by atoms with Gasteiger partial charge in [-0.2, -0.15) is 0 Å². The fourth-order valence-electron chi connectivity index (χ4n) is 11.5. The van der Waals surface area contributed by atoms with Crippen molar-refractivity contribution in [3.8, 4) is 0 Å². The molecule has 0 unspecified atom stereocenters. The van der Waals surface area contributed by atoms with Crippen molar-refractivity contribution in [2.75, 3.05) is 0 Å². The molecular formula is C30H52O2. The lowest BCUT2D eigenvalue weighted by atomic mass is 9.31. The minimum atomic E-state index is -0.561. The van der Waals surface area contributed by atoms with Crippen molar-refractivity contribution in [1.82, 2.24) is 0 Å². The molecule has 0 aliphatic heterocycles. The molecule has 5 aliphatic rings. The molecule has 0 spiro atoms. The summed E-state index contributed by atoms with van der Waals surface area (Å²) < 4.78 is 0. The van der Waals surface area contributed by atoms with Crippen LogP contribution in [0.5, 0.6) is 0 Å². The van der Waals surface area contributed by atoms with Gasteiger partial charge in [0.25, 0.3) is 0 Å². The van der Waals surface area contributed by atoms with Crippen molar-refractivity contribution in [2.45, 2.75) is 138 Å². The van der Waals surface area contributed by atoms with E-state index in [4.69, 9.17) is 0 Å². The molecule has 5 saturated carbocycles. The first-order valence-electron chi connectivity index (χ1n) is 14.0. The summed E-state index contributed by atoms with van der Waals surface area (Å²) >= 11 is 0. The highest BCUT2D eigenvalue weighted by molar-refractivity contribution is 5.23. The summed E-state index contributed by atoms with van der Waals surface area (Å²) in [7, 11) is 0. The first-order chi connectivity index (χ1) is 14.6. The van der Waals surface area contributed by atoms with Crippen LogP contribution in [0.3, 0.4) is 0 Å². The van der Waals surface area contributed by atoms with E-state index in [0.717, 1.165) is 25.7 Å². The molecule has 0 amide bonds. The molecular weight excluding hydrogens is 392 g/mol. The van der Waals surface area contributed by atoms with Crippen LogP contribution < -0.4 is 0 Å². The van der Waals surface area contributed by atoms with E-state index in [-0.39, 0.29) is 27.8 Å². The van der Waals surface area contributed by atoms with Crippen LogP contribution in [0, 0.1) is 50.2 Å². The Hall–Kier alpha value is -0.0800. The molecule has 0 aromatic carbocycles. The molecule has 0 heterocycles. The van der Waals surface area contributed by atoms with E-state index in [1.807, 2.05) is 0 Å². The van der Waals surface area contributed by atoms with Gasteiger partial charge in [0, 0.05) is 10.8 Å². The minimum absolute atomic E-state index is 0.00740. The Morgan fingerprint density at radius 1 is 0.594 bits per heavy atom. The van der Waals surface area contributed by atoms with Crippen LogP contribution in [0.15, 0.2) is 0 Å². The third-order valence-corrected chi connectivity index (χ3v) is 13.7. The van der Waals surface area contributed by atoms with Crippen LogP contribution in [0.25, 0.3) is 0 Å². The van der Waals surface area contributed by atoms with Crippen LogP contribution in [0.4, 0.5) is 0 Å². The van der Waals surface area contributed by atoms with Crippen molar-refractivity contribution in [2.24, 2.45) is 50.2 Å². The molecule has 0 bridgehead atoms. The Morgan fingerprint density at radius 3 is 1.81 bits per heavy atom. The lowest BCUT2D eigenvalue weighted by Gasteiger charge is -2.75. The van der Waals surface area contributed by atoms with Crippen LogP contribution in [0.1, 0.15) is 126 Å². The van der Waals surface area contributed by atoms with Gasteiger partial charge < -0.3 is 10.2 Å². The lowest BCUT2D eigenvalue weighted by molar-refractivity contribution is -0.318. The van der Waals surface area contributed by atoms with Crippen LogP contribution in [0.2, 0.25) is 0 Å². The molecule has 32 heavy (non-hydrogen) atoms. The molecule has 2 heteroatoms. The second-order valence-electron chi connectivity index (χ2n) is 15.8. The van der Waals surface area contributed by atoms with Gasteiger partial charge in [0.15, 0.2) is 0 Å². The van der Waals surface area contributed by atoms with Crippen LogP contribution >= 0.6 is 0 Å². The average molecular weight is 445 g/mol. The van der Waals surface area contributed by atoms with E-state index < -0.39 is 5.60 Å². The Kier molecular flexibility index (Phi) is 4.85. The van der Waals surface area contributed by atoms with Gasteiger partial charge in [-0.05, 0) is 110 Å². The summed E-state index contributed by atoms with van der Waals surface area (Å²) in [5.41, 5.74) is 0.473. The Morgan fingerprint density at radius 2 is 1.16 bits per heavy atom. The highest BCUT2D eigenvalue weighted by Crippen LogP contribution is 2.77. The van der Waals surface area contributed by atoms with Gasteiger partial charge in [0.2, 0.25) is 0 Å². The van der Waals surface area contributed by atoms with E-state index in [1.54, 1.807) is 0 Å². The smallest absolute Gasteiger partial charge is 0.0760 e. The summed E-state index contributed by atoms with van der Waals surface area (Å²) in [6.07, 6.45) is 12.8. The van der Waals surface area contributed by atoms with Crippen LogP contribution in [-0.2, 0) is 0 Å². The third-order valence-electron chi connectivity index (χ3n) is 13.7. The molecule has 2 N–H and O–H groups in total. The molecule has 5 fully saturated rings. The molecule has 5 aliphatic carbocycles. The summed E-state index contributed by atoms with van der Waals surface area (Å²) in [6.45, 7) is 19.7. The van der Waals surface area contributed by atoms with Crippen molar-refractivity contribution in [1.29, 1.82) is 0 Å². The SMILES string of the molecule is CC1(C)CC[C@]2(C)CC[C@]3(O)[C@@](C)(CC[C@@H]4[C@@]5(C)CC[C@H](O)C(C)(C)[C@@H]5CC[C@]43C)[C@@H]2C1. The largest absolute Gasteiger partial charge is 0.393 e. The van der Waals surface area contributed by atoms with Gasteiger partial charge in [-0.1, -0.05) is 55.4 Å². The summed E-state index contributed by atoms with van der Waals surface area (Å²) in [5.74, 6) is 1.76. The highest BCUT2D eigenvalue weighted by atomic mass is 16.3. The summed E-state index contributed by atoms with van der Waals surface area (Å²) in [4.78, 5) is 0. The maximum Gasteiger partial charge on any atom is 0.0760 e. The van der Waals surface area contributed by atoms with Gasteiger partial charge >= 0.3 is 0 Å². The minimum Gasteiger partial charge on any atom is -0.393 e. The van der Waals surface area contributed by atoms with Crippen molar-refractivity contribution in [3.63, 3.8) is 0 Å². The van der Waals surface area contributed by atoms with Gasteiger partial charge in [0.1, 0.15) is 0 Å². The normalized spacial score (nSPS) is 58.7. The summed E-state index contributed by atoms with van der Waals surface area (Å²) in [5, 5.41) is 23.9. The molecule has 0 aromatic heterocycles. The second-order valence-corrected chi connectivity index (χ2v) is 15.8. The molecule has 0 aromatic rings. The molecule has 184 valence electrons.